The number of aromatic nitrogens is 3. The molecule has 0 saturated carbocycles. The molecule has 0 spiro atoms. The van der Waals surface area contributed by atoms with Crippen LogP contribution in [0.3, 0.4) is 0 Å². The predicted octanol–water partition coefficient (Wildman–Crippen LogP) is 6.51. The van der Waals surface area contributed by atoms with Gasteiger partial charge in [-0.05, 0) is 36.0 Å². The van der Waals surface area contributed by atoms with E-state index >= 15 is 0 Å². The molecule has 9 nitrogen and oxygen atoms in total. The molecule has 1 aliphatic heterocycles. The predicted molar refractivity (Wildman–Crippen MR) is 187 cm³/mol. The van der Waals surface area contributed by atoms with Gasteiger partial charge in [0.2, 0.25) is 0 Å². The Labute approximate surface area is 289 Å². The Kier molecular flexibility index (Phi) is 9.46. The molecule has 7 rings (SSSR count). The van der Waals surface area contributed by atoms with E-state index < -0.39 is 18.1 Å². The van der Waals surface area contributed by atoms with Crippen LogP contribution in [0.2, 0.25) is 0 Å². The number of fused-ring (bicyclic) bond motifs is 6. The molecule has 3 aromatic carbocycles. The third-order valence-corrected chi connectivity index (χ3v) is 10.8. The molecule has 48 heavy (non-hydrogen) atoms. The van der Waals surface area contributed by atoms with Crippen LogP contribution in [0.15, 0.2) is 107 Å². The fraction of sp³-hybridized carbons (Fsp3) is 0.167. The van der Waals surface area contributed by atoms with Gasteiger partial charge in [-0.15, -0.1) is 34.0 Å². The van der Waals surface area contributed by atoms with Crippen molar-refractivity contribution < 1.29 is 14.4 Å². The quantitative estimate of drug-likeness (QED) is 0.183. The van der Waals surface area contributed by atoms with Gasteiger partial charge in [-0.25, -0.2) is 15.0 Å². The summed E-state index contributed by atoms with van der Waals surface area (Å²) in [6.45, 7) is 0. The Morgan fingerprint density at radius 2 is 0.708 bits per heavy atom. The van der Waals surface area contributed by atoms with E-state index in [0.717, 1.165) is 16.7 Å². The number of carbonyl (C=O) groups excluding carboxylic acids is 3. The van der Waals surface area contributed by atoms with Crippen LogP contribution in [0.25, 0.3) is 0 Å². The second kappa shape index (κ2) is 14.4. The Morgan fingerprint density at radius 3 is 0.979 bits per heavy atom. The Balaban J connectivity index is 1.28. The SMILES string of the molecule is O=C1N[C@@H](Cc2ccccc2)c2nc(cs2)C(=O)N[C@H](Cc2ccccc2)c2nc(cs2)C(=O)N[C@H](Cc2ccccc2)c2nc1cs2. The molecule has 240 valence electrons. The second-order valence-electron chi connectivity index (χ2n) is 11.4. The lowest BCUT2D eigenvalue weighted by Crippen LogP contribution is -2.33. The van der Waals surface area contributed by atoms with E-state index in [4.69, 9.17) is 15.0 Å². The first-order valence-electron chi connectivity index (χ1n) is 15.4. The largest absolute Gasteiger partial charge is 0.341 e. The van der Waals surface area contributed by atoms with Gasteiger partial charge in [0.05, 0.1) is 18.1 Å². The summed E-state index contributed by atoms with van der Waals surface area (Å²) in [7, 11) is 0. The average molecular weight is 691 g/mol. The molecule has 1 aliphatic rings. The van der Waals surface area contributed by atoms with Gasteiger partial charge in [0.15, 0.2) is 0 Å². The van der Waals surface area contributed by atoms with E-state index in [0.29, 0.717) is 34.3 Å². The maximum Gasteiger partial charge on any atom is 0.271 e. The first kappa shape index (κ1) is 31.6. The van der Waals surface area contributed by atoms with Crippen molar-refractivity contribution in [1.82, 2.24) is 30.9 Å². The topological polar surface area (TPSA) is 126 Å². The first-order chi connectivity index (χ1) is 23.5. The van der Waals surface area contributed by atoms with Crippen molar-refractivity contribution in [2.75, 3.05) is 0 Å². The summed E-state index contributed by atoms with van der Waals surface area (Å²) in [5.41, 5.74) is 3.77. The summed E-state index contributed by atoms with van der Waals surface area (Å²) < 4.78 is 0. The van der Waals surface area contributed by atoms with E-state index in [9.17, 15) is 14.4 Å². The number of hydrogen-bond donors (Lipinski definition) is 3. The minimum atomic E-state index is -0.503. The molecule has 3 N–H and O–H groups in total. The monoisotopic (exact) mass is 690 g/mol. The van der Waals surface area contributed by atoms with Crippen molar-refractivity contribution >= 4 is 51.7 Å². The van der Waals surface area contributed by atoms with Crippen LogP contribution in [-0.2, 0) is 19.3 Å². The van der Waals surface area contributed by atoms with Gasteiger partial charge in [-0.1, -0.05) is 91.0 Å². The molecule has 0 aliphatic carbocycles. The highest BCUT2D eigenvalue weighted by Gasteiger charge is 2.28. The molecule has 3 atom stereocenters. The summed E-state index contributed by atoms with van der Waals surface area (Å²) in [6.07, 6.45) is 1.43. The molecule has 6 aromatic rings. The van der Waals surface area contributed by atoms with Crippen molar-refractivity contribution in [2.45, 2.75) is 37.4 Å². The molecule has 3 amide bonds. The molecule has 0 radical (unpaired) electrons. The van der Waals surface area contributed by atoms with Crippen molar-refractivity contribution in [3.8, 4) is 0 Å². The van der Waals surface area contributed by atoms with Crippen LogP contribution in [-0.4, -0.2) is 32.7 Å². The Morgan fingerprint density at radius 1 is 0.438 bits per heavy atom. The fourth-order valence-electron chi connectivity index (χ4n) is 5.50. The lowest BCUT2D eigenvalue weighted by molar-refractivity contribution is 0.0928. The van der Waals surface area contributed by atoms with Crippen LogP contribution < -0.4 is 16.0 Å². The minimum Gasteiger partial charge on any atom is -0.341 e. The summed E-state index contributed by atoms with van der Waals surface area (Å²) >= 11 is 3.97. The first-order valence-corrected chi connectivity index (χ1v) is 18.0. The highest BCUT2D eigenvalue weighted by atomic mass is 32.1. The number of hydrogen-bond acceptors (Lipinski definition) is 9. The van der Waals surface area contributed by atoms with Crippen LogP contribution in [0.4, 0.5) is 0 Å². The molecular weight excluding hydrogens is 661 g/mol. The van der Waals surface area contributed by atoms with Gasteiger partial charge >= 0.3 is 0 Å². The standard InChI is InChI=1S/C36H30N6O3S3/c43-31-28-20-47-35(41-28)26(17-23-12-6-2-7-13-23)39-33(45)30-21-48-36(42-30)27(18-24-14-8-3-9-15-24)38-32(44)29-19-46-34(40-29)25(37-31)16-22-10-4-1-5-11-22/h1-15,19-21,25-27H,16-18H2,(H,37,43)(H,38,44)(H,39,45)/t25-,26-,27+/m1/s1. The molecule has 3 aromatic heterocycles. The Bertz CT molecular complexity index is 1790. The summed E-state index contributed by atoms with van der Waals surface area (Å²) in [5.74, 6) is -1.09. The molecule has 6 bridgehead atoms. The van der Waals surface area contributed by atoms with Gasteiger partial charge in [0, 0.05) is 16.1 Å². The van der Waals surface area contributed by atoms with Gasteiger partial charge in [0.1, 0.15) is 32.1 Å². The molecule has 0 unspecified atom stereocenters. The highest BCUT2D eigenvalue weighted by molar-refractivity contribution is 7.10. The fourth-order valence-corrected chi connectivity index (χ4v) is 8.05. The van der Waals surface area contributed by atoms with E-state index in [1.165, 1.54) is 34.0 Å². The number of carbonyl (C=O) groups is 3. The van der Waals surface area contributed by atoms with Crippen molar-refractivity contribution in [2.24, 2.45) is 0 Å². The van der Waals surface area contributed by atoms with Gasteiger partial charge in [-0.2, -0.15) is 0 Å². The van der Waals surface area contributed by atoms with E-state index in [-0.39, 0.29) is 34.8 Å². The van der Waals surface area contributed by atoms with Gasteiger partial charge < -0.3 is 16.0 Å². The molecule has 4 heterocycles. The van der Waals surface area contributed by atoms with Crippen molar-refractivity contribution in [1.29, 1.82) is 0 Å². The normalized spacial score (nSPS) is 18.2. The number of rotatable bonds is 6. The maximum absolute atomic E-state index is 13.7. The lowest BCUT2D eigenvalue weighted by Gasteiger charge is -2.18. The highest BCUT2D eigenvalue weighted by Crippen LogP contribution is 2.28. The van der Waals surface area contributed by atoms with Gasteiger partial charge in [-0.3, -0.25) is 14.4 Å². The number of thiazole rings is 3. The molecule has 0 fully saturated rings. The van der Waals surface area contributed by atoms with E-state index in [2.05, 4.69) is 16.0 Å². The third kappa shape index (κ3) is 7.41. The zero-order chi connectivity index (χ0) is 32.9. The van der Waals surface area contributed by atoms with E-state index in [1.807, 2.05) is 91.0 Å². The van der Waals surface area contributed by atoms with Gasteiger partial charge in [0.25, 0.3) is 17.7 Å². The van der Waals surface area contributed by atoms with E-state index in [1.54, 1.807) is 16.1 Å². The smallest absolute Gasteiger partial charge is 0.271 e. The number of nitrogens with zero attached hydrogens (tertiary/aromatic N) is 3. The average Bonchev–Trinajstić information content (AvgIpc) is 3.90. The van der Waals surface area contributed by atoms with Crippen molar-refractivity contribution in [3.63, 3.8) is 0 Å². The zero-order valence-corrected chi connectivity index (χ0v) is 28.0. The minimum absolute atomic E-state index is 0.246. The Hall–Kier alpha value is -5.04. The summed E-state index contributed by atoms with van der Waals surface area (Å²) in [6, 6.07) is 28.0. The molecule has 0 saturated heterocycles. The lowest BCUT2D eigenvalue weighted by atomic mass is 10.1. The second-order valence-corrected chi connectivity index (χ2v) is 14.0. The molecular formula is C36H30N6O3S3. The van der Waals surface area contributed by atoms with Crippen LogP contribution in [0.5, 0.6) is 0 Å². The third-order valence-electron chi connectivity index (χ3n) is 7.92. The number of amides is 3. The van der Waals surface area contributed by atoms with Crippen molar-refractivity contribution in [3.05, 3.63) is 156 Å². The summed E-state index contributed by atoms with van der Waals surface area (Å²) in [4.78, 5) is 55.2. The zero-order valence-electron chi connectivity index (χ0n) is 25.5. The van der Waals surface area contributed by atoms with Crippen LogP contribution in [0.1, 0.15) is 81.3 Å². The summed E-state index contributed by atoms with van der Waals surface area (Å²) in [5, 5.41) is 16.3. The van der Waals surface area contributed by atoms with Crippen LogP contribution >= 0.6 is 34.0 Å². The number of nitrogens with one attached hydrogen (secondary N) is 3. The number of benzene rings is 3. The maximum atomic E-state index is 13.7. The van der Waals surface area contributed by atoms with Crippen LogP contribution in [0, 0.1) is 0 Å². The molecule has 12 heteroatoms.